The number of ether oxygens (including phenoxy) is 1. The van der Waals surface area contributed by atoms with Gasteiger partial charge in [-0.3, -0.25) is 0 Å². The van der Waals surface area contributed by atoms with Crippen LogP contribution in [0.2, 0.25) is 5.15 Å². The van der Waals surface area contributed by atoms with E-state index in [9.17, 15) is 18.0 Å². The van der Waals surface area contributed by atoms with E-state index in [1.165, 1.54) is 0 Å². The lowest BCUT2D eigenvalue weighted by molar-refractivity contribution is -0.137. The van der Waals surface area contributed by atoms with Gasteiger partial charge in [-0.25, -0.2) is 9.78 Å². The molecule has 0 atom stereocenters. The predicted octanol–water partition coefficient (Wildman–Crippen LogP) is 2.54. The summed E-state index contributed by atoms with van der Waals surface area (Å²) >= 11 is 5.34. The summed E-state index contributed by atoms with van der Waals surface area (Å²) in [5.74, 6) is -0.969. The van der Waals surface area contributed by atoms with Crippen LogP contribution in [0.3, 0.4) is 0 Å². The minimum atomic E-state index is -4.57. The Morgan fingerprint density at radius 2 is 2.07 bits per heavy atom. The molecule has 0 aliphatic heterocycles. The van der Waals surface area contributed by atoms with Gasteiger partial charge >= 0.3 is 12.1 Å². The van der Waals surface area contributed by atoms with Crippen molar-refractivity contribution in [3.63, 3.8) is 0 Å². The van der Waals surface area contributed by atoms with Gasteiger partial charge in [-0.2, -0.15) is 13.2 Å². The van der Waals surface area contributed by atoms with Gasteiger partial charge in [-0.1, -0.05) is 11.6 Å². The molecule has 0 unspecified atom stereocenters. The molecule has 0 aliphatic rings. The van der Waals surface area contributed by atoms with Crippen LogP contribution in [0.1, 0.15) is 16.1 Å². The van der Waals surface area contributed by atoms with E-state index in [4.69, 9.17) is 11.6 Å². The summed E-state index contributed by atoms with van der Waals surface area (Å²) in [5.41, 5.74) is -1.51. The number of hydrogen-bond donors (Lipinski definition) is 0. The molecule has 0 radical (unpaired) electrons. The molecule has 7 heteroatoms. The maximum Gasteiger partial charge on any atom is 0.416 e. The van der Waals surface area contributed by atoms with Gasteiger partial charge in [-0.15, -0.1) is 0 Å². The maximum absolute atomic E-state index is 12.3. The Morgan fingerprint density at radius 3 is 2.53 bits per heavy atom. The quantitative estimate of drug-likeness (QED) is 0.558. The molecule has 0 amide bonds. The fourth-order valence-electron chi connectivity index (χ4n) is 0.870. The lowest BCUT2D eigenvalue weighted by atomic mass is 10.2. The Balaban J connectivity index is 3.23. The zero-order valence-electron chi connectivity index (χ0n) is 7.43. The van der Waals surface area contributed by atoms with Gasteiger partial charge in [0.1, 0.15) is 5.15 Å². The Morgan fingerprint density at radius 1 is 1.47 bits per heavy atom. The van der Waals surface area contributed by atoms with Crippen LogP contribution in [0, 0.1) is 0 Å². The Hall–Kier alpha value is -1.30. The summed E-state index contributed by atoms with van der Waals surface area (Å²) in [5, 5.41) is -0.412. The van der Waals surface area contributed by atoms with Gasteiger partial charge in [-0.05, 0) is 12.1 Å². The number of methoxy groups -OCH3 is 1. The second-order valence-corrected chi connectivity index (χ2v) is 2.94. The summed E-state index contributed by atoms with van der Waals surface area (Å²) in [6.07, 6.45) is -4.57. The van der Waals surface area contributed by atoms with Gasteiger partial charge < -0.3 is 4.74 Å². The van der Waals surface area contributed by atoms with Crippen LogP contribution in [0.15, 0.2) is 12.1 Å². The van der Waals surface area contributed by atoms with Crippen LogP contribution in [-0.4, -0.2) is 18.1 Å². The van der Waals surface area contributed by atoms with E-state index >= 15 is 0 Å². The van der Waals surface area contributed by atoms with Gasteiger partial charge in [0.2, 0.25) is 0 Å². The maximum atomic E-state index is 12.3. The summed E-state index contributed by atoms with van der Waals surface area (Å²) in [4.78, 5) is 14.3. The number of hydrogen-bond acceptors (Lipinski definition) is 3. The standard InChI is InChI=1S/C8H5ClF3NO2/c1-15-7(14)5-2-4(8(10,11)12)3-6(9)13-5/h2-3H,1H3. The van der Waals surface area contributed by atoms with Gasteiger partial charge in [0.15, 0.2) is 5.69 Å². The van der Waals surface area contributed by atoms with Crippen molar-refractivity contribution in [3.8, 4) is 0 Å². The molecule has 1 aromatic heterocycles. The number of rotatable bonds is 1. The SMILES string of the molecule is COC(=O)c1cc(C(F)(F)F)cc(Cl)n1. The normalized spacial score (nSPS) is 11.3. The third kappa shape index (κ3) is 2.82. The van der Waals surface area contributed by atoms with E-state index < -0.39 is 28.6 Å². The Bertz CT molecular complexity index is 392. The number of carbonyl (C=O) groups excluding carboxylic acids is 1. The molecule has 0 N–H and O–H groups in total. The molecule has 15 heavy (non-hydrogen) atoms. The van der Waals surface area contributed by atoms with Crippen LogP contribution in [0.4, 0.5) is 13.2 Å². The zero-order valence-corrected chi connectivity index (χ0v) is 8.19. The molecular formula is C8H5ClF3NO2. The van der Waals surface area contributed by atoms with Crippen molar-refractivity contribution in [2.45, 2.75) is 6.18 Å². The van der Waals surface area contributed by atoms with Crippen molar-refractivity contribution >= 4 is 17.6 Å². The zero-order chi connectivity index (χ0) is 11.6. The molecule has 0 bridgehead atoms. The van der Waals surface area contributed by atoms with E-state index in [2.05, 4.69) is 9.72 Å². The number of nitrogens with zero attached hydrogens (tertiary/aromatic N) is 1. The molecule has 1 rings (SSSR count). The van der Waals surface area contributed by atoms with E-state index in [1.807, 2.05) is 0 Å². The van der Waals surface area contributed by atoms with E-state index in [0.717, 1.165) is 7.11 Å². The van der Waals surface area contributed by atoms with Crippen LogP contribution in [0.5, 0.6) is 0 Å². The third-order valence-electron chi connectivity index (χ3n) is 1.52. The third-order valence-corrected chi connectivity index (χ3v) is 1.71. The van der Waals surface area contributed by atoms with Crippen molar-refractivity contribution in [1.29, 1.82) is 0 Å². The summed E-state index contributed by atoms with van der Waals surface area (Å²) in [6.45, 7) is 0. The van der Waals surface area contributed by atoms with Gasteiger partial charge in [0.05, 0.1) is 12.7 Å². The lowest BCUT2D eigenvalue weighted by Crippen LogP contribution is -2.10. The highest BCUT2D eigenvalue weighted by Gasteiger charge is 2.32. The second-order valence-electron chi connectivity index (χ2n) is 2.55. The fourth-order valence-corrected chi connectivity index (χ4v) is 1.08. The van der Waals surface area contributed by atoms with Crippen molar-refractivity contribution < 1.29 is 22.7 Å². The molecule has 0 aliphatic carbocycles. The highest BCUT2D eigenvalue weighted by atomic mass is 35.5. The van der Waals surface area contributed by atoms with E-state index in [-0.39, 0.29) is 0 Å². The number of pyridine rings is 1. The highest BCUT2D eigenvalue weighted by Crippen LogP contribution is 2.30. The molecule has 0 saturated carbocycles. The Kier molecular flexibility index (Phi) is 3.18. The van der Waals surface area contributed by atoms with E-state index in [0.29, 0.717) is 12.1 Å². The van der Waals surface area contributed by atoms with Crippen molar-refractivity contribution in [2.75, 3.05) is 7.11 Å². The summed E-state index contributed by atoms with van der Waals surface area (Å²) in [6, 6.07) is 1.21. The van der Waals surface area contributed by atoms with Crippen LogP contribution in [-0.2, 0) is 10.9 Å². The molecular weight excluding hydrogens is 235 g/mol. The number of esters is 1. The van der Waals surface area contributed by atoms with Gasteiger partial charge in [0.25, 0.3) is 0 Å². The Labute approximate surface area is 87.8 Å². The first-order valence-electron chi connectivity index (χ1n) is 3.67. The highest BCUT2D eigenvalue weighted by molar-refractivity contribution is 6.29. The van der Waals surface area contributed by atoms with Crippen LogP contribution < -0.4 is 0 Å². The topological polar surface area (TPSA) is 39.2 Å². The number of halogens is 4. The van der Waals surface area contributed by atoms with Crippen molar-refractivity contribution in [2.24, 2.45) is 0 Å². The average Bonchev–Trinajstić information content (AvgIpc) is 2.14. The first kappa shape index (κ1) is 11.8. The minimum Gasteiger partial charge on any atom is -0.464 e. The van der Waals surface area contributed by atoms with Crippen molar-refractivity contribution in [1.82, 2.24) is 4.98 Å². The first-order chi connectivity index (χ1) is 6.84. The predicted molar refractivity (Wildman–Crippen MR) is 45.6 cm³/mol. The molecule has 1 heterocycles. The number of aromatic nitrogens is 1. The second kappa shape index (κ2) is 4.06. The number of carbonyl (C=O) groups is 1. The smallest absolute Gasteiger partial charge is 0.416 e. The largest absolute Gasteiger partial charge is 0.464 e. The molecule has 1 aromatic rings. The molecule has 0 spiro atoms. The fraction of sp³-hybridized carbons (Fsp3) is 0.250. The first-order valence-corrected chi connectivity index (χ1v) is 4.05. The molecule has 0 saturated heterocycles. The summed E-state index contributed by atoms with van der Waals surface area (Å²) < 4.78 is 41.1. The average molecular weight is 240 g/mol. The van der Waals surface area contributed by atoms with Gasteiger partial charge in [0, 0.05) is 0 Å². The van der Waals surface area contributed by atoms with Crippen molar-refractivity contribution in [3.05, 3.63) is 28.5 Å². The van der Waals surface area contributed by atoms with Crippen LogP contribution in [0.25, 0.3) is 0 Å². The monoisotopic (exact) mass is 239 g/mol. The number of alkyl halides is 3. The molecule has 82 valence electrons. The molecule has 0 fully saturated rings. The lowest BCUT2D eigenvalue weighted by Gasteiger charge is -2.07. The molecule has 0 aromatic carbocycles. The molecule has 3 nitrogen and oxygen atoms in total. The minimum absolute atomic E-state index is 0.412. The summed E-state index contributed by atoms with van der Waals surface area (Å²) in [7, 11) is 1.04. The van der Waals surface area contributed by atoms with E-state index in [1.54, 1.807) is 0 Å². The van der Waals surface area contributed by atoms with Crippen LogP contribution >= 0.6 is 11.6 Å².